The Kier molecular flexibility index (Phi) is 20.7. The van der Waals surface area contributed by atoms with Crippen molar-refractivity contribution in [3.8, 4) is 159 Å². The highest BCUT2D eigenvalue weighted by Crippen LogP contribution is 2.47. The Morgan fingerprint density at radius 1 is 0.108 bits per heavy atom. The van der Waals surface area contributed by atoms with Gasteiger partial charge in [0.05, 0.1) is 44.1 Å². The van der Waals surface area contributed by atoms with E-state index in [1.165, 1.54) is 0 Å². The van der Waals surface area contributed by atoms with Gasteiger partial charge in [0.25, 0.3) is 0 Å². The molecule has 148 heavy (non-hydrogen) atoms. The average molecular weight is 1890 g/mol. The van der Waals surface area contributed by atoms with Crippen molar-refractivity contribution < 1.29 is 0 Å². The van der Waals surface area contributed by atoms with Crippen molar-refractivity contribution in [1.29, 1.82) is 0 Å². The summed E-state index contributed by atoms with van der Waals surface area (Å²) in [4.78, 5) is 103. The van der Waals surface area contributed by atoms with Crippen LogP contribution in [0.1, 0.15) is 0 Å². The topological polar surface area (TPSA) is 258 Å². The maximum atomic E-state index is 5.42. The number of aromatic nitrogens is 20. The SMILES string of the molecule is c1ccc(-c2nc(-c3cc(-c4c5cccnc5cc5cccnc45)cc(-c4c5cccnc5cc5cccnc45)c3)nc(-c3nc(-c4ccc5ccccc5c4)nc(-c4ccc5ccccc5c4)n3)n2)cc1.c1ccc2cc(-c3nc(-c4cc(-c5c6cccnc6cc6cccnc56)cc(-c5c6cccnc6cc6cccnc56)c4)nc(-c4nc(-c5ccc6ccccc6c5)nc(-c5ccc6ccccc6c5)n4)n3)ccc2c1. The molecule has 0 saturated carbocycles. The Labute approximate surface area is 844 Å². The first-order valence-corrected chi connectivity index (χ1v) is 48.6. The summed E-state index contributed by atoms with van der Waals surface area (Å²) >= 11 is 0. The molecule has 0 fully saturated rings. The second-order valence-electron chi connectivity index (χ2n) is 36.6. The Hall–Kier alpha value is -20.6. The Bertz CT molecular complexity index is 9850. The van der Waals surface area contributed by atoms with Gasteiger partial charge in [0.2, 0.25) is 23.3 Å². The van der Waals surface area contributed by atoms with Crippen molar-refractivity contribution in [2.45, 2.75) is 0 Å². The monoisotopic (exact) mass is 1890 g/mol. The van der Waals surface area contributed by atoms with Gasteiger partial charge in [-0.25, -0.2) is 59.8 Å². The molecule has 0 saturated heterocycles. The zero-order valence-electron chi connectivity index (χ0n) is 78.7. The molecule has 17 aromatic carbocycles. The molecule has 20 heteroatoms. The van der Waals surface area contributed by atoms with Gasteiger partial charge in [0, 0.05) is 159 Å². The fourth-order valence-electron chi connectivity index (χ4n) is 20.5. The molecule has 20 nitrogen and oxygen atoms in total. The summed E-state index contributed by atoms with van der Waals surface area (Å²) in [6.07, 6.45) is 14.7. The van der Waals surface area contributed by atoms with Gasteiger partial charge in [0.15, 0.2) is 46.6 Å². The fraction of sp³-hybridized carbons (Fsp3) is 0. The third-order valence-corrected chi connectivity index (χ3v) is 27.5. The van der Waals surface area contributed by atoms with Crippen LogP contribution < -0.4 is 0 Å². The van der Waals surface area contributed by atoms with E-state index < -0.39 is 0 Å². The molecule has 0 aliphatic heterocycles. The summed E-state index contributed by atoms with van der Waals surface area (Å²) in [6, 6.07) is 137. The van der Waals surface area contributed by atoms with Crippen molar-refractivity contribution in [1.82, 2.24) is 99.7 Å². The minimum atomic E-state index is 0.287. The van der Waals surface area contributed by atoms with Gasteiger partial charge in [-0.3, -0.25) is 39.9 Å². The lowest BCUT2D eigenvalue weighted by molar-refractivity contribution is 1.00. The van der Waals surface area contributed by atoms with Crippen molar-refractivity contribution in [2.24, 2.45) is 0 Å². The first-order valence-electron chi connectivity index (χ1n) is 48.6. The summed E-state index contributed by atoms with van der Waals surface area (Å²) < 4.78 is 0. The third-order valence-electron chi connectivity index (χ3n) is 27.5. The minimum Gasteiger partial charge on any atom is -0.256 e. The second kappa shape index (κ2) is 35.8. The molecule has 12 aromatic heterocycles. The Balaban J connectivity index is 0.000000143. The van der Waals surface area contributed by atoms with E-state index >= 15 is 0 Å². The van der Waals surface area contributed by atoms with Crippen LogP contribution in [0.15, 0.2) is 450 Å². The average Bonchev–Trinajstić information content (AvgIpc) is 0.738. The summed E-state index contributed by atoms with van der Waals surface area (Å²) in [5.41, 5.74) is 20.5. The van der Waals surface area contributed by atoms with Crippen molar-refractivity contribution in [2.75, 3.05) is 0 Å². The summed E-state index contributed by atoms with van der Waals surface area (Å²) in [5.74, 6) is 4.92. The van der Waals surface area contributed by atoms with Crippen molar-refractivity contribution in [3.63, 3.8) is 0 Å². The molecule has 29 aromatic rings. The first-order chi connectivity index (χ1) is 73.2. The van der Waals surface area contributed by atoms with E-state index in [2.05, 4.69) is 261 Å². The molecule has 12 heterocycles. The highest BCUT2D eigenvalue weighted by atomic mass is 15.1. The molecular formula is C128H74N20. The lowest BCUT2D eigenvalue weighted by Gasteiger charge is -2.16. The number of nitrogens with zero attached hydrogens (tertiary/aromatic N) is 20. The van der Waals surface area contributed by atoms with Gasteiger partial charge in [-0.15, -0.1) is 0 Å². The van der Waals surface area contributed by atoms with Crippen LogP contribution in [0.4, 0.5) is 0 Å². The largest absolute Gasteiger partial charge is 0.256 e. The van der Waals surface area contributed by atoms with E-state index in [4.69, 9.17) is 99.7 Å². The molecule has 0 aliphatic rings. The van der Waals surface area contributed by atoms with Crippen LogP contribution in [-0.2, 0) is 0 Å². The molecule has 0 aliphatic carbocycles. The van der Waals surface area contributed by atoms with Crippen LogP contribution in [0.5, 0.6) is 0 Å². The van der Waals surface area contributed by atoms with Gasteiger partial charge >= 0.3 is 0 Å². The van der Waals surface area contributed by atoms with E-state index in [0.717, 1.165) is 230 Å². The van der Waals surface area contributed by atoms with E-state index in [9.17, 15) is 0 Å². The van der Waals surface area contributed by atoms with E-state index in [1.54, 1.807) is 0 Å². The number of fused-ring (bicyclic) bond motifs is 13. The molecule has 29 rings (SSSR count). The van der Waals surface area contributed by atoms with Crippen LogP contribution in [-0.4, -0.2) is 99.7 Å². The maximum Gasteiger partial charge on any atom is 0.202 e. The normalized spacial score (nSPS) is 11.6. The van der Waals surface area contributed by atoms with Gasteiger partial charge in [0.1, 0.15) is 0 Å². The summed E-state index contributed by atoms with van der Waals surface area (Å²) in [5, 5.41) is 18.6. The smallest absolute Gasteiger partial charge is 0.202 e. The summed E-state index contributed by atoms with van der Waals surface area (Å²) in [7, 11) is 0. The van der Waals surface area contributed by atoms with Gasteiger partial charge in [-0.2, -0.15) is 0 Å². The summed E-state index contributed by atoms with van der Waals surface area (Å²) in [6.45, 7) is 0. The standard InChI is InChI=1S/C66H38N10.C62H36N10/c1-4-14-42-31-47(24-21-39(42)11-1)61-71-62(48-25-22-40-12-2-5-15-43(40)32-48)74-65(73-61)66-75-63(49-26-23-41-13-3-6-16-44(41)33-49)72-64(76-66)52-35-50(57-53-19-9-27-67-55(53)37-45-17-7-29-69-59(45)57)34-51(36-52)58-54-20-10-28-68-56(54)38-46-18-8-30-70-60(46)58;1-2-14-39(15-3-1)57-67-60(72-61(69-57)62-70-58(44-24-22-37-12-4-6-16-40(37)30-44)68-59(71-62)45-25-23-38-13-5-7-17-41(38)31-45)48-33-46(53-49-20-10-26-63-51(49)35-42-18-8-28-65-55(42)53)32-47(34-48)54-50-21-11-27-64-52(50)36-43-19-9-29-66-56(43)54/h1-38H;1-36H. The van der Waals surface area contributed by atoms with Crippen LogP contribution in [0.25, 0.3) is 300 Å². The number of benzene rings is 17. The third kappa shape index (κ3) is 15.7. The zero-order chi connectivity index (χ0) is 97.6. The van der Waals surface area contributed by atoms with Crippen molar-refractivity contribution >= 4 is 141 Å². The van der Waals surface area contributed by atoms with E-state index in [0.29, 0.717) is 64.1 Å². The molecule has 0 radical (unpaired) electrons. The molecular weight excluding hydrogens is 1820 g/mol. The molecule has 0 amide bonds. The zero-order valence-corrected chi connectivity index (χ0v) is 78.7. The maximum absolute atomic E-state index is 5.42. The van der Waals surface area contributed by atoms with Crippen LogP contribution in [0.3, 0.4) is 0 Å². The lowest BCUT2D eigenvalue weighted by atomic mass is 9.90. The number of pyridine rings is 8. The van der Waals surface area contributed by atoms with E-state index in [-0.39, 0.29) is 5.82 Å². The molecule has 0 atom stereocenters. The highest BCUT2D eigenvalue weighted by Gasteiger charge is 2.28. The van der Waals surface area contributed by atoms with Crippen LogP contribution in [0.2, 0.25) is 0 Å². The Morgan fingerprint density at radius 2 is 0.297 bits per heavy atom. The van der Waals surface area contributed by atoms with Gasteiger partial charge < -0.3 is 0 Å². The molecule has 0 bridgehead atoms. The van der Waals surface area contributed by atoms with E-state index in [1.807, 2.05) is 189 Å². The van der Waals surface area contributed by atoms with Gasteiger partial charge in [-0.1, -0.05) is 261 Å². The quantitative estimate of drug-likeness (QED) is 0.0916. The number of hydrogen-bond acceptors (Lipinski definition) is 20. The van der Waals surface area contributed by atoms with Crippen LogP contribution >= 0.6 is 0 Å². The van der Waals surface area contributed by atoms with Crippen molar-refractivity contribution in [3.05, 3.63) is 450 Å². The van der Waals surface area contributed by atoms with Gasteiger partial charge in [-0.05, 0) is 216 Å². The highest BCUT2D eigenvalue weighted by molar-refractivity contribution is 6.17. The minimum absolute atomic E-state index is 0.287. The predicted molar refractivity (Wildman–Crippen MR) is 592 cm³/mol. The lowest BCUT2D eigenvalue weighted by Crippen LogP contribution is -2.06. The molecule has 0 N–H and O–H groups in total. The molecule has 0 unspecified atom stereocenters. The predicted octanol–water partition coefficient (Wildman–Crippen LogP) is 29.6. The van der Waals surface area contributed by atoms with Crippen LogP contribution in [0, 0.1) is 0 Å². The number of rotatable bonds is 14. The first kappa shape index (κ1) is 85.3. The molecule has 0 spiro atoms. The second-order valence-corrected chi connectivity index (χ2v) is 36.6. The number of hydrogen-bond donors (Lipinski definition) is 0. The Morgan fingerprint density at radius 3 is 0.547 bits per heavy atom. The molecule has 686 valence electrons. The fourth-order valence-corrected chi connectivity index (χ4v) is 20.5.